The van der Waals surface area contributed by atoms with Gasteiger partial charge in [0.05, 0.1) is 0 Å². The largest absolute Gasteiger partial charge is 0.317 e. The Balaban J connectivity index is 2.30. The van der Waals surface area contributed by atoms with E-state index in [9.17, 15) is 0 Å². The van der Waals surface area contributed by atoms with Crippen LogP contribution in [0.3, 0.4) is 0 Å². The normalized spacial score (nSPS) is 36.6. The minimum absolute atomic E-state index is 0.285. The third-order valence-corrected chi connectivity index (χ3v) is 2.61. The first-order valence-electron chi connectivity index (χ1n) is 4.14. The van der Waals surface area contributed by atoms with Crippen molar-refractivity contribution >= 4 is 12.6 Å². The fourth-order valence-corrected chi connectivity index (χ4v) is 1.63. The predicted octanol–water partition coefficient (Wildman–Crippen LogP) is 1.84. The zero-order valence-corrected chi connectivity index (χ0v) is 7.58. The molecule has 1 nitrogen and oxygen atoms in total. The third kappa shape index (κ3) is 2.93. The van der Waals surface area contributed by atoms with Gasteiger partial charge in [0.2, 0.25) is 0 Å². The molecular formula is C8H17NS. The molecule has 1 rings (SSSR count). The third-order valence-electron chi connectivity index (χ3n) is 2.16. The van der Waals surface area contributed by atoms with Crippen LogP contribution in [0.4, 0.5) is 0 Å². The van der Waals surface area contributed by atoms with E-state index in [1.54, 1.807) is 0 Å². The van der Waals surface area contributed by atoms with E-state index in [0.717, 1.165) is 6.54 Å². The van der Waals surface area contributed by atoms with Crippen LogP contribution in [-0.2, 0) is 0 Å². The molecule has 0 saturated carbocycles. The van der Waals surface area contributed by atoms with E-state index < -0.39 is 0 Å². The Labute approximate surface area is 69.0 Å². The summed E-state index contributed by atoms with van der Waals surface area (Å²) in [6, 6.07) is 0. The van der Waals surface area contributed by atoms with Gasteiger partial charge in [0.1, 0.15) is 0 Å². The highest BCUT2D eigenvalue weighted by Crippen LogP contribution is 2.25. The molecular weight excluding hydrogens is 142 g/mol. The molecule has 0 aromatic heterocycles. The first kappa shape index (κ1) is 8.41. The van der Waals surface area contributed by atoms with Crippen molar-refractivity contribution in [3.05, 3.63) is 0 Å². The molecule has 2 heteroatoms. The molecule has 1 aliphatic rings. The molecule has 1 atom stereocenters. The maximum atomic E-state index is 4.59. The lowest BCUT2D eigenvalue weighted by atomic mass is 9.98. The first-order valence-corrected chi connectivity index (χ1v) is 4.59. The van der Waals surface area contributed by atoms with Crippen LogP contribution < -0.4 is 5.32 Å². The Hall–Kier alpha value is 0.310. The molecule has 60 valence electrons. The van der Waals surface area contributed by atoms with E-state index in [-0.39, 0.29) is 4.75 Å². The van der Waals surface area contributed by atoms with Crippen molar-refractivity contribution < 1.29 is 0 Å². The summed E-state index contributed by atoms with van der Waals surface area (Å²) in [5.74, 6) is 0. The monoisotopic (exact) mass is 159 g/mol. The highest BCUT2D eigenvalue weighted by Gasteiger charge is 2.18. The van der Waals surface area contributed by atoms with Crippen molar-refractivity contribution in [2.45, 2.75) is 37.4 Å². The second-order valence-corrected chi connectivity index (χ2v) is 4.53. The van der Waals surface area contributed by atoms with Gasteiger partial charge in [0, 0.05) is 4.75 Å². The van der Waals surface area contributed by atoms with Crippen LogP contribution in [0.25, 0.3) is 0 Å². The van der Waals surface area contributed by atoms with Gasteiger partial charge in [-0.25, -0.2) is 0 Å². The predicted molar refractivity (Wildman–Crippen MR) is 48.7 cm³/mol. The average molecular weight is 159 g/mol. The van der Waals surface area contributed by atoms with E-state index in [0.29, 0.717) is 0 Å². The fourth-order valence-electron chi connectivity index (χ4n) is 1.36. The Morgan fingerprint density at radius 1 is 1.20 bits per heavy atom. The van der Waals surface area contributed by atoms with Crippen molar-refractivity contribution in [2.75, 3.05) is 13.1 Å². The smallest absolute Gasteiger partial charge is 0.0113 e. The number of rotatable bonds is 0. The molecule has 1 unspecified atom stereocenters. The maximum absolute atomic E-state index is 4.59. The van der Waals surface area contributed by atoms with Gasteiger partial charge >= 0.3 is 0 Å². The summed E-state index contributed by atoms with van der Waals surface area (Å²) in [6.07, 6.45) is 5.12. The molecule has 0 spiro atoms. The van der Waals surface area contributed by atoms with Crippen LogP contribution in [0.5, 0.6) is 0 Å². The van der Waals surface area contributed by atoms with Crippen LogP contribution in [-0.4, -0.2) is 17.8 Å². The van der Waals surface area contributed by atoms with Gasteiger partial charge in [0.15, 0.2) is 0 Å². The SMILES string of the molecule is CC1(S)CCCCNCC1. The lowest BCUT2D eigenvalue weighted by Crippen LogP contribution is -2.28. The van der Waals surface area contributed by atoms with Gasteiger partial charge in [-0.15, -0.1) is 0 Å². The Morgan fingerprint density at radius 3 is 2.80 bits per heavy atom. The van der Waals surface area contributed by atoms with E-state index in [4.69, 9.17) is 0 Å². The van der Waals surface area contributed by atoms with Crippen molar-refractivity contribution in [1.82, 2.24) is 5.32 Å². The standard InChI is InChI=1S/C8H17NS/c1-8(10)4-2-3-6-9-7-5-8/h9-10H,2-7H2,1H3. The molecule has 0 aliphatic carbocycles. The van der Waals surface area contributed by atoms with Crippen LogP contribution in [0.1, 0.15) is 32.6 Å². The van der Waals surface area contributed by atoms with E-state index >= 15 is 0 Å². The molecule has 10 heavy (non-hydrogen) atoms. The van der Waals surface area contributed by atoms with Gasteiger partial charge in [0.25, 0.3) is 0 Å². The van der Waals surface area contributed by atoms with Gasteiger partial charge in [-0.1, -0.05) is 13.3 Å². The van der Waals surface area contributed by atoms with Crippen molar-refractivity contribution in [3.8, 4) is 0 Å². The van der Waals surface area contributed by atoms with Crippen LogP contribution in [0.15, 0.2) is 0 Å². The van der Waals surface area contributed by atoms with Crippen LogP contribution in [0.2, 0.25) is 0 Å². The molecule has 1 N–H and O–H groups in total. The van der Waals surface area contributed by atoms with Crippen molar-refractivity contribution in [2.24, 2.45) is 0 Å². The fraction of sp³-hybridized carbons (Fsp3) is 1.00. The lowest BCUT2D eigenvalue weighted by molar-refractivity contribution is 0.451. The van der Waals surface area contributed by atoms with Gasteiger partial charge in [-0.2, -0.15) is 12.6 Å². The molecule has 0 bridgehead atoms. The number of nitrogens with one attached hydrogen (secondary N) is 1. The maximum Gasteiger partial charge on any atom is 0.0113 e. The Bertz CT molecular complexity index is 91.4. The number of hydrogen-bond donors (Lipinski definition) is 2. The number of thiol groups is 1. The summed E-state index contributed by atoms with van der Waals surface area (Å²) in [7, 11) is 0. The van der Waals surface area contributed by atoms with E-state index in [1.807, 2.05) is 0 Å². The molecule has 1 heterocycles. The second-order valence-electron chi connectivity index (χ2n) is 3.45. The highest BCUT2D eigenvalue weighted by atomic mass is 32.1. The summed E-state index contributed by atoms with van der Waals surface area (Å²) >= 11 is 4.59. The minimum atomic E-state index is 0.285. The van der Waals surface area contributed by atoms with Crippen molar-refractivity contribution in [3.63, 3.8) is 0 Å². The zero-order valence-electron chi connectivity index (χ0n) is 6.69. The van der Waals surface area contributed by atoms with Gasteiger partial charge in [-0.3, -0.25) is 0 Å². The Kier molecular flexibility index (Phi) is 3.05. The van der Waals surface area contributed by atoms with E-state index in [1.165, 1.54) is 32.2 Å². The summed E-state index contributed by atoms with van der Waals surface area (Å²) in [5.41, 5.74) is 0. The topological polar surface area (TPSA) is 12.0 Å². The quantitative estimate of drug-likeness (QED) is 0.514. The molecule has 0 amide bonds. The van der Waals surface area contributed by atoms with Gasteiger partial charge < -0.3 is 5.32 Å². The van der Waals surface area contributed by atoms with Crippen LogP contribution in [0, 0.1) is 0 Å². The van der Waals surface area contributed by atoms with E-state index in [2.05, 4.69) is 24.9 Å². The summed E-state index contributed by atoms with van der Waals surface area (Å²) in [4.78, 5) is 0. The molecule has 0 aromatic rings. The summed E-state index contributed by atoms with van der Waals surface area (Å²) in [5, 5.41) is 3.39. The summed E-state index contributed by atoms with van der Waals surface area (Å²) in [6.45, 7) is 4.58. The van der Waals surface area contributed by atoms with Crippen molar-refractivity contribution in [1.29, 1.82) is 0 Å². The highest BCUT2D eigenvalue weighted by molar-refractivity contribution is 7.81. The van der Waals surface area contributed by atoms with Crippen LogP contribution >= 0.6 is 12.6 Å². The molecule has 0 aromatic carbocycles. The minimum Gasteiger partial charge on any atom is -0.317 e. The lowest BCUT2D eigenvalue weighted by Gasteiger charge is -2.25. The molecule has 1 fully saturated rings. The Morgan fingerprint density at radius 2 is 2.00 bits per heavy atom. The summed E-state index contributed by atoms with van der Waals surface area (Å²) < 4.78 is 0.285. The molecule has 1 aliphatic heterocycles. The molecule has 0 radical (unpaired) electrons. The molecule has 1 saturated heterocycles. The average Bonchev–Trinajstić information content (AvgIpc) is 1.81. The second kappa shape index (κ2) is 3.63. The first-order chi connectivity index (χ1) is 4.71. The number of hydrogen-bond acceptors (Lipinski definition) is 2. The zero-order chi connectivity index (χ0) is 7.45. The van der Waals surface area contributed by atoms with Gasteiger partial charge in [-0.05, 0) is 32.4 Å².